The molecular weight excluding hydrogens is 474 g/mol. The van der Waals surface area contributed by atoms with Crippen molar-refractivity contribution >= 4 is 26.8 Å². The number of rotatable bonds is 19. The van der Waals surface area contributed by atoms with E-state index in [0.717, 1.165) is 25.3 Å². The highest BCUT2D eigenvalue weighted by atomic mass is 32.2. The molecule has 0 aliphatic rings. The predicted octanol–water partition coefficient (Wildman–Crippen LogP) is 7.78. The van der Waals surface area contributed by atoms with Gasteiger partial charge in [0, 0.05) is 17.3 Å². The molecule has 2 aromatic carbocycles. The summed E-state index contributed by atoms with van der Waals surface area (Å²) in [5.74, 6) is -0.841. The summed E-state index contributed by atoms with van der Waals surface area (Å²) in [5, 5.41) is 13.7. The van der Waals surface area contributed by atoms with Crippen molar-refractivity contribution in [2.75, 3.05) is 6.54 Å². The van der Waals surface area contributed by atoms with Gasteiger partial charge in [0.15, 0.2) is 0 Å². The third kappa shape index (κ3) is 10.5. The molecule has 3 N–H and O–H groups in total. The Morgan fingerprint density at radius 2 is 1.19 bits per heavy atom. The molecule has 6 nitrogen and oxygen atoms in total. The van der Waals surface area contributed by atoms with E-state index in [9.17, 15) is 22.9 Å². The zero-order valence-corrected chi connectivity index (χ0v) is 22.8. The molecule has 0 fully saturated rings. The van der Waals surface area contributed by atoms with Crippen LogP contribution in [0.15, 0.2) is 35.2 Å². The summed E-state index contributed by atoms with van der Waals surface area (Å²) in [6.07, 6.45) is 20.4. The molecule has 0 atom stereocenters. The van der Waals surface area contributed by atoms with Gasteiger partial charge in [-0.2, -0.15) is 8.42 Å². The molecule has 2 aromatic rings. The Hall–Kier alpha value is -2.12. The zero-order chi connectivity index (χ0) is 26.2. The van der Waals surface area contributed by atoms with Crippen LogP contribution in [0.25, 0.3) is 10.8 Å². The number of hydrogen-bond donors (Lipinski definition) is 3. The maximum absolute atomic E-state index is 12.6. The lowest BCUT2D eigenvalue weighted by molar-refractivity contribution is 0.0950. The Balaban J connectivity index is 1.58. The minimum Gasteiger partial charge on any atom is -0.506 e. The number of carbonyl (C=O) groups is 1. The van der Waals surface area contributed by atoms with Crippen molar-refractivity contribution in [3.63, 3.8) is 0 Å². The Morgan fingerprint density at radius 1 is 0.750 bits per heavy atom. The minimum absolute atomic E-state index is 0.155. The van der Waals surface area contributed by atoms with E-state index >= 15 is 0 Å². The lowest BCUT2D eigenvalue weighted by Crippen LogP contribution is -2.25. The van der Waals surface area contributed by atoms with Gasteiger partial charge in [0.05, 0.1) is 5.56 Å². The Labute approximate surface area is 217 Å². The van der Waals surface area contributed by atoms with Crippen LogP contribution in [-0.4, -0.2) is 30.5 Å². The summed E-state index contributed by atoms with van der Waals surface area (Å²) in [7, 11) is -4.55. The number of phenols is 1. The largest absolute Gasteiger partial charge is 0.506 e. The highest BCUT2D eigenvalue weighted by molar-refractivity contribution is 7.86. The minimum atomic E-state index is -4.55. The topological polar surface area (TPSA) is 104 Å². The summed E-state index contributed by atoms with van der Waals surface area (Å²) in [4.78, 5) is 12.2. The molecule has 0 aromatic heterocycles. The number of aromatic hydroxyl groups is 1. The van der Waals surface area contributed by atoms with Crippen molar-refractivity contribution in [2.24, 2.45) is 0 Å². The first-order chi connectivity index (χ1) is 17.4. The second-order valence-corrected chi connectivity index (χ2v) is 11.2. The Bertz CT molecular complexity index is 1040. The fourth-order valence-corrected chi connectivity index (χ4v) is 5.41. The number of fused-ring (bicyclic) bond motifs is 1. The van der Waals surface area contributed by atoms with Gasteiger partial charge in [-0.05, 0) is 12.5 Å². The maximum Gasteiger partial charge on any atom is 0.295 e. The van der Waals surface area contributed by atoms with Crippen molar-refractivity contribution < 1.29 is 22.9 Å². The zero-order valence-electron chi connectivity index (χ0n) is 21.9. The molecule has 202 valence electrons. The normalized spacial score (nSPS) is 11.7. The first-order valence-corrected chi connectivity index (χ1v) is 15.3. The summed E-state index contributed by atoms with van der Waals surface area (Å²) >= 11 is 0. The summed E-state index contributed by atoms with van der Waals surface area (Å²) in [5.41, 5.74) is -0.155. The van der Waals surface area contributed by atoms with Crippen molar-refractivity contribution in [3.05, 3.63) is 35.9 Å². The molecular formula is C29H45NO5S. The Morgan fingerprint density at radius 3 is 1.67 bits per heavy atom. The van der Waals surface area contributed by atoms with Crippen LogP contribution in [0.5, 0.6) is 5.75 Å². The fraction of sp³-hybridized carbons (Fsp3) is 0.621. The van der Waals surface area contributed by atoms with Crippen molar-refractivity contribution in [1.82, 2.24) is 5.32 Å². The molecule has 0 aliphatic heterocycles. The van der Waals surface area contributed by atoms with Crippen LogP contribution in [-0.2, 0) is 10.1 Å². The molecule has 7 heteroatoms. The summed E-state index contributed by atoms with van der Waals surface area (Å²) in [6, 6.07) is 7.28. The SMILES string of the molecule is CCCCCCCCCCCCCCCCCCNC(=O)c1cc(S(=O)(=O)O)c2ccccc2c1O. The van der Waals surface area contributed by atoms with E-state index in [4.69, 9.17) is 0 Å². The van der Waals surface area contributed by atoms with Crippen LogP contribution in [0.2, 0.25) is 0 Å². The van der Waals surface area contributed by atoms with Gasteiger partial charge in [0.2, 0.25) is 0 Å². The number of unbranched alkanes of at least 4 members (excludes halogenated alkanes) is 15. The summed E-state index contributed by atoms with van der Waals surface area (Å²) < 4.78 is 33.2. The Kier molecular flexibility index (Phi) is 13.9. The van der Waals surface area contributed by atoms with Crippen molar-refractivity contribution in [3.8, 4) is 5.75 Å². The van der Waals surface area contributed by atoms with Gasteiger partial charge in [0.1, 0.15) is 10.6 Å². The van der Waals surface area contributed by atoms with Crippen LogP contribution in [0.1, 0.15) is 120 Å². The van der Waals surface area contributed by atoms with E-state index < -0.39 is 16.0 Å². The van der Waals surface area contributed by atoms with Gasteiger partial charge in [-0.3, -0.25) is 9.35 Å². The molecule has 0 saturated carbocycles. The number of carbonyl (C=O) groups excluding carboxylic acids is 1. The van der Waals surface area contributed by atoms with E-state index in [1.165, 1.54) is 95.6 Å². The van der Waals surface area contributed by atoms with Gasteiger partial charge in [-0.1, -0.05) is 128 Å². The first-order valence-electron chi connectivity index (χ1n) is 13.9. The van der Waals surface area contributed by atoms with Gasteiger partial charge < -0.3 is 10.4 Å². The van der Waals surface area contributed by atoms with E-state index in [1.807, 2.05) is 0 Å². The maximum atomic E-state index is 12.6. The molecule has 0 radical (unpaired) electrons. The molecule has 0 aliphatic carbocycles. The van der Waals surface area contributed by atoms with E-state index in [0.29, 0.717) is 6.54 Å². The third-order valence-electron chi connectivity index (χ3n) is 6.82. The lowest BCUT2D eigenvalue weighted by Gasteiger charge is -2.12. The number of benzene rings is 2. The molecule has 0 saturated heterocycles. The number of nitrogens with one attached hydrogen (secondary N) is 1. The molecule has 36 heavy (non-hydrogen) atoms. The number of hydrogen-bond acceptors (Lipinski definition) is 4. The molecule has 0 bridgehead atoms. The van der Waals surface area contributed by atoms with Gasteiger partial charge in [-0.15, -0.1) is 0 Å². The van der Waals surface area contributed by atoms with Gasteiger partial charge in [0.25, 0.3) is 16.0 Å². The number of amides is 1. The average molecular weight is 520 g/mol. The van der Waals surface area contributed by atoms with E-state index in [-0.39, 0.29) is 27.0 Å². The average Bonchev–Trinajstić information content (AvgIpc) is 2.85. The van der Waals surface area contributed by atoms with Gasteiger partial charge in [-0.25, -0.2) is 0 Å². The quantitative estimate of drug-likeness (QED) is 0.130. The number of phenolic OH excluding ortho intramolecular Hbond substituents is 1. The lowest BCUT2D eigenvalue weighted by atomic mass is 10.0. The standard InChI is InChI=1S/C29H45NO5S/c1-2-3-4-5-6-7-8-9-10-11-12-13-14-15-16-19-22-30-29(32)26-23-27(36(33,34)35)24-20-17-18-21-25(24)28(26)31/h17-18,20-21,23,31H,2-16,19,22H2,1H3,(H,30,32)(H,33,34,35). The van der Waals surface area contributed by atoms with Crippen LogP contribution >= 0.6 is 0 Å². The van der Waals surface area contributed by atoms with Crippen molar-refractivity contribution in [1.29, 1.82) is 0 Å². The monoisotopic (exact) mass is 519 g/mol. The fourth-order valence-electron chi connectivity index (χ4n) is 4.68. The molecule has 0 heterocycles. The van der Waals surface area contributed by atoms with E-state index in [2.05, 4.69) is 12.2 Å². The van der Waals surface area contributed by atoms with Crippen LogP contribution in [0, 0.1) is 0 Å². The summed E-state index contributed by atoms with van der Waals surface area (Å²) in [6.45, 7) is 2.71. The second-order valence-electron chi connectivity index (χ2n) is 9.85. The molecule has 0 spiro atoms. The first kappa shape index (κ1) is 30.1. The predicted molar refractivity (Wildman–Crippen MR) is 147 cm³/mol. The smallest absolute Gasteiger partial charge is 0.295 e. The highest BCUT2D eigenvalue weighted by Gasteiger charge is 2.22. The van der Waals surface area contributed by atoms with Crippen LogP contribution < -0.4 is 5.32 Å². The van der Waals surface area contributed by atoms with Gasteiger partial charge >= 0.3 is 0 Å². The molecule has 1 amide bonds. The van der Waals surface area contributed by atoms with Crippen molar-refractivity contribution in [2.45, 2.75) is 115 Å². The van der Waals surface area contributed by atoms with E-state index in [1.54, 1.807) is 12.1 Å². The highest BCUT2D eigenvalue weighted by Crippen LogP contribution is 2.33. The van der Waals surface area contributed by atoms with Crippen LogP contribution in [0.4, 0.5) is 0 Å². The van der Waals surface area contributed by atoms with Crippen LogP contribution in [0.3, 0.4) is 0 Å². The molecule has 2 rings (SSSR count). The third-order valence-corrected chi connectivity index (χ3v) is 7.71. The molecule has 0 unspecified atom stereocenters. The second kappa shape index (κ2) is 16.6.